The normalized spacial score (nSPS) is 11.2. The maximum Gasteiger partial charge on any atom is 0.250 e. The number of hydrogen-bond acceptors (Lipinski definition) is 9. The van der Waals surface area contributed by atoms with Crippen LogP contribution < -0.4 is 10.2 Å². The summed E-state index contributed by atoms with van der Waals surface area (Å²) >= 11 is 4.44. The van der Waals surface area contributed by atoms with Crippen LogP contribution in [0.4, 0.5) is 0 Å². The molecule has 4 rings (SSSR count). The molecule has 0 spiro atoms. The first kappa shape index (κ1) is 24.1. The van der Waals surface area contributed by atoms with Gasteiger partial charge in [0.15, 0.2) is 20.2 Å². The molecule has 0 aliphatic heterocycles. The molecule has 0 saturated carbocycles. The van der Waals surface area contributed by atoms with Gasteiger partial charge in [0.2, 0.25) is 0 Å². The van der Waals surface area contributed by atoms with Crippen molar-refractivity contribution in [1.29, 1.82) is 0 Å². The number of nitrogens with one attached hydrogen (secondary N) is 1. The number of carbonyl (C=O) groups excluding carboxylic acids is 1. The minimum absolute atomic E-state index is 0.0612. The maximum atomic E-state index is 12.1. The van der Waals surface area contributed by atoms with E-state index >= 15 is 0 Å². The van der Waals surface area contributed by atoms with Gasteiger partial charge in [0.1, 0.15) is 0 Å². The SMILES string of the molecule is CCOc1cc(/C=N/NC(=O)CSc2nnc(SCc3cccc4ccccc34)s2)ccc1O. The van der Waals surface area contributed by atoms with Gasteiger partial charge in [0.25, 0.3) is 5.91 Å². The number of rotatable bonds is 10. The van der Waals surface area contributed by atoms with Gasteiger partial charge >= 0.3 is 0 Å². The number of aromatic hydroxyl groups is 1. The number of phenolic OH excluding ortho intramolecular Hbond substituents is 1. The monoisotopic (exact) mass is 510 g/mol. The van der Waals surface area contributed by atoms with E-state index in [0.29, 0.717) is 17.9 Å². The third kappa shape index (κ3) is 6.49. The minimum atomic E-state index is -0.245. The Morgan fingerprint density at radius 1 is 1.12 bits per heavy atom. The van der Waals surface area contributed by atoms with Crippen molar-refractivity contribution in [1.82, 2.24) is 15.6 Å². The molecule has 0 aliphatic rings. The summed E-state index contributed by atoms with van der Waals surface area (Å²) in [7, 11) is 0. The standard InChI is InChI=1S/C24H22N4O3S3/c1-2-31-21-12-16(10-11-20(21)29)13-25-26-22(30)15-33-24-28-27-23(34-24)32-14-18-8-5-7-17-6-3-4-9-19(17)18/h3-13,29H,2,14-15H2,1H3,(H,26,30)/b25-13+. The van der Waals surface area contributed by atoms with E-state index in [0.717, 1.165) is 14.4 Å². The highest BCUT2D eigenvalue weighted by Gasteiger charge is 2.10. The van der Waals surface area contributed by atoms with Crippen LogP contribution in [-0.4, -0.2) is 39.8 Å². The van der Waals surface area contributed by atoms with Crippen molar-refractivity contribution in [3.05, 3.63) is 71.8 Å². The number of phenols is 1. The van der Waals surface area contributed by atoms with Gasteiger partial charge in [-0.15, -0.1) is 10.2 Å². The second kappa shape index (κ2) is 11.9. The van der Waals surface area contributed by atoms with Gasteiger partial charge in [-0.2, -0.15) is 5.10 Å². The Kier molecular flexibility index (Phi) is 8.40. The Balaban J connectivity index is 1.25. The van der Waals surface area contributed by atoms with Gasteiger partial charge in [-0.05, 0) is 47.0 Å². The van der Waals surface area contributed by atoms with E-state index in [1.54, 1.807) is 23.9 Å². The van der Waals surface area contributed by atoms with Crippen LogP contribution in [0.3, 0.4) is 0 Å². The van der Waals surface area contributed by atoms with Crippen LogP contribution in [-0.2, 0) is 10.5 Å². The van der Waals surface area contributed by atoms with E-state index in [4.69, 9.17) is 4.74 Å². The molecule has 0 bridgehead atoms. The molecule has 1 amide bonds. The highest BCUT2D eigenvalue weighted by Crippen LogP contribution is 2.32. The van der Waals surface area contributed by atoms with Crippen molar-refractivity contribution >= 4 is 57.8 Å². The third-order valence-electron chi connectivity index (χ3n) is 4.63. The molecule has 2 N–H and O–H groups in total. The average molecular weight is 511 g/mol. The van der Waals surface area contributed by atoms with Crippen LogP contribution >= 0.6 is 34.9 Å². The molecule has 1 aromatic heterocycles. The number of hydrogen-bond donors (Lipinski definition) is 2. The van der Waals surface area contributed by atoms with Gasteiger partial charge in [0, 0.05) is 5.75 Å². The maximum absolute atomic E-state index is 12.1. The topological polar surface area (TPSA) is 96.7 Å². The number of ether oxygens (including phenoxy) is 1. The molecule has 34 heavy (non-hydrogen) atoms. The first-order valence-electron chi connectivity index (χ1n) is 10.5. The van der Waals surface area contributed by atoms with E-state index in [1.807, 2.05) is 19.1 Å². The summed E-state index contributed by atoms with van der Waals surface area (Å²) in [5.41, 5.74) is 4.45. The lowest BCUT2D eigenvalue weighted by molar-refractivity contribution is -0.118. The minimum Gasteiger partial charge on any atom is -0.504 e. The Hall–Kier alpha value is -3.08. The first-order chi connectivity index (χ1) is 16.6. The van der Waals surface area contributed by atoms with E-state index in [1.165, 1.54) is 51.7 Å². The lowest BCUT2D eigenvalue weighted by Gasteiger charge is -2.05. The van der Waals surface area contributed by atoms with Crippen molar-refractivity contribution in [2.45, 2.75) is 21.4 Å². The number of thioether (sulfide) groups is 2. The van der Waals surface area contributed by atoms with E-state index in [-0.39, 0.29) is 17.4 Å². The number of amides is 1. The summed E-state index contributed by atoms with van der Waals surface area (Å²) in [5, 5.41) is 24.6. The number of carbonyl (C=O) groups is 1. The molecule has 0 radical (unpaired) electrons. The summed E-state index contributed by atoms with van der Waals surface area (Å²) in [5.74, 6) is 1.17. The molecule has 10 heteroatoms. The van der Waals surface area contributed by atoms with Gasteiger partial charge in [-0.25, -0.2) is 5.43 Å². The summed E-state index contributed by atoms with van der Waals surface area (Å²) in [6.45, 7) is 2.28. The predicted molar refractivity (Wildman–Crippen MR) is 139 cm³/mol. The third-order valence-corrected chi connectivity index (χ3v) is 7.87. The van der Waals surface area contributed by atoms with Crippen LogP contribution in [0, 0.1) is 0 Å². The number of fused-ring (bicyclic) bond motifs is 1. The average Bonchev–Trinajstić information content (AvgIpc) is 3.31. The zero-order valence-corrected chi connectivity index (χ0v) is 20.8. The summed E-state index contributed by atoms with van der Waals surface area (Å²) < 4.78 is 6.94. The Morgan fingerprint density at radius 3 is 2.76 bits per heavy atom. The molecule has 0 fully saturated rings. The molecule has 0 atom stereocenters. The van der Waals surface area contributed by atoms with Gasteiger partial charge in [-0.1, -0.05) is 77.3 Å². The zero-order chi connectivity index (χ0) is 23.8. The highest BCUT2D eigenvalue weighted by molar-refractivity contribution is 8.03. The molecular formula is C24H22N4O3S3. The zero-order valence-electron chi connectivity index (χ0n) is 18.3. The largest absolute Gasteiger partial charge is 0.504 e. The molecule has 4 aromatic rings. The highest BCUT2D eigenvalue weighted by atomic mass is 32.2. The second-order valence-corrected chi connectivity index (χ2v) is 10.4. The fourth-order valence-corrected chi connectivity index (χ4v) is 5.91. The molecule has 0 saturated heterocycles. The molecular weight excluding hydrogens is 488 g/mol. The summed E-state index contributed by atoms with van der Waals surface area (Å²) in [6, 6.07) is 19.5. The van der Waals surface area contributed by atoms with Crippen molar-refractivity contribution in [2.24, 2.45) is 5.10 Å². The van der Waals surface area contributed by atoms with Crippen molar-refractivity contribution in [3.8, 4) is 11.5 Å². The Labute approximate surface area is 209 Å². The molecule has 0 aliphatic carbocycles. The Morgan fingerprint density at radius 2 is 1.91 bits per heavy atom. The number of hydrazone groups is 1. The molecule has 3 aromatic carbocycles. The lowest BCUT2D eigenvalue weighted by atomic mass is 10.1. The first-order valence-corrected chi connectivity index (χ1v) is 13.2. The second-order valence-electron chi connectivity index (χ2n) is 7.00. The molecule has 1 heterocycles. The molecule has 7 nitrogen and oxygen atoms in total. The van der Waals surface area contributed by atoms with E-state index < -0.39 is 0 Å². The van der Waals surface area contributed by atoms with Crippen LogP contribution in [0.25, 0.3) is 10.8 Å². The quantitative estimate of drug-likeness (QED) is 0.169. The van der Waals surface area contributed by atoms with Crippen LogP contribution in [0.15, 0.2) is 74.4 Å². The summed E-state index contributed by atoms with van der Waals surface area (Å²) in [4.78, 5) is 12.1. The van der Waals surface area contributed by atoms with Gasteiger partial charge in [-0.3, -0.25) is 4.79 Å². The predicted octanol–water partition coefficient (Wildman–Crippen LogP) is 5.33. The van der Waals surface area contributed by atoms with E-state index in [2.05, 4.69) is 51.1 Å². The molecule has 174 valence electrons. The Bertz CT molecular complexity index is 1300. The fourth-order valence-electron chi connectivity index (χ4n) is 3.09. The number of benzene rings is 3. The van der Waals surface area contributed by atoms with Gasteiger partial charge in [0.05, 0.1) is 18.6 Å². The number of nitrogens with zero attached hydrogens (tertiary/aromatic N) is 3. The molecule has 0 unspecified atom stereocenters. The van der Waals surface area contributed by atoms with Crippen molar-refractivity contribution in [2.75, 3.05) is 12.4 Å². The summed E-state index contributed by atoms with van der Waals surface area (Å²) in [6.07, 6.45) is 1.50. The smallest absolute Gasteiger partial charge is 0.250 e. The fraction of sp³-hybridized carbons (Fsp3) is 0.167. The van der Waals surface area contributed by atoms with Crippen LogP contribution in [0.5, 0.6) is 11.5 Å². The van der Waals surface area contributed by atoms with Crippen molar-refractivity contribution < 1.29 is 14.6 Å². The van der Waals surface area contributed by atoms with Gasteiger partial charge < -0.3 is 9.84 Å². The van der Waals surface area contributed by atoms with Crippen LogP contribution in [0.1, 0.15) is 18.1 Å². The number of aromatic nitrogens is 2. The van der Waals surface area contributed by atoms with Crippen LogP contribution in [0.2, 0.25) is 0 Å². The lowest BCUT2D eigenvalue weighted by Crippen LogP contribution is -2.19. The van der Waals surface area contributed by atoms with E-state index in [9.17, 15) is 9.90 Å². The van der Waals surface area contributed by atoms with Crippen molar-refractivity contribution in [3.63, 3.8) is 0 Å².